The zero-order valence-corrected chi connectivity index (χ0v) is 12.3. The summed E-state index contributed by atoms with van der Waals surface area (Å²) in [5, 5.41) is 9.45. The summed E-state index contributed by atoms with van der Waals surface area (Å²) in [6, 6.07) is 6.52. The average Bonchev–Trinajstić information content (AvgIpc) is 2.33. The van der Waals surface area contributed by atoms with Gasteiger partial charge in [-0.15, -0.1) is 0 Å². The second-order valence-electron chi connectivity index (χ2n) is 6.17. The number of carbonyl (C=O) groups is 1. The van der Waals surface area contributed by atoms with Gasteiger partial charge in [-0.2, -0.15) is 0 Å². The highest BCUT2D eigenvalue weighted by molar-refractivity contribution is 5.81. The summed E-state index contributed by atoms with van der Waals surface area (Å²) in [7, 11) is 0. The Kier molecular flexibility index (Phi) is 4.02. The van der Waals surface area contributed by atoms with Crippen molar-refractivity contribution in [2.24, 2.45) is 5.41 Å². The van der Waals surface area contributed by atoms with E-state index in [1.54, 1.807) is 18.2 Å². The van der Waals surface area contributed by atoms with Crippen LogP contribution in [0, 0.1) is 5.41 Å². The summed E-state index contributed by atoms with van der Waals surface area (Å²) in [5.74, 6) is -0.695. The Bertz CT molecular complexity index is 722. The van der Waals surface area contributed by atoms with Crippen molar-refractivity contribution >= 4 is 16.9 Å². The molecule has 1 N–H and O–H groups in total. The third kappa shape index (κ3) is 4.08. The third-order valence-corrected chi connectivity index (χ3v) is 2.88. The van der Waals surface area contributed by atoms with Crippen molar-refractivity contribution in [1.82, 2.24) is 0 Å². The van der Waals surface area contributed by atoms with Crippen LogP contribution in [-0.4, -0.2) is 17.7 Å². The molecular weight excluding hydrogens is 272 g/mol. The quantitative estimate of drug-likeness (QED) is 0.876. The first-order valence-corrected chi connectivity index (χ1v) is 6.66. The molecule has 0 radical (unpaired) electrons. The molecule has 5 heteroatoms. The summed E-state index contributed by atoms with van der Waals surface area (Å²) < 4.78 is 10.3. The fourth-order valence-electron chi connectivity index (χ4n) is 2.16. The van der Waals surface area contributed by atoms with Crippen molar-refractivity contribution in [1.29, 1.82) is 0 Å². The molecule has 0 bridgehead atoms. The average molecular weight is 290 g/mol. The minimum atomic E-state index is -1.06. The van der Waals surface area contributed by atoms with Gasteiger partial charge in [0.2, 0.25) is 0 Å². The van der Waals surface area contributed by atoms with Crippen molar-refractivity contribution < 1.29 is 19.1 Å². The molecule has 1 heterocycles. The molecule has 0 fully saturated rings. The molecule has 0 saturated carbocycles. The van der Waals surface area contributed by atoms with Crippen LogP contribution in [0.15, 0.2) is 33.5 Å². The third-order valence-electron chi connectivity index (χ3n) is 2.88. The molecule has 0 aliphatic heterocycles. The molecular formula is C16H18O5. The molecule has 1 aromatic carbocycles. The van der Waals surface area contributed by atoms with Crippen molar-refractivity contribution in [2.45, 2.75) is 27.2 Å². The van der Waals surface area contributed by atoms with Gasteiger partial charge in [0.15, 0.2) is 6.61 Å². The molecule has 0 amide bonds. The summed E-state index contributed by atoms with van der Waals surface area (Å²) in [6.07, 6.45) is 0.741. The van der Waals surface area contributed by atoms with E-state index in [4.69, 9.17) is 14.3 Å². The second kappa shape index (κ2) is 5.60. The van der Waals surface area contributed by atoms with E-state index in [-0.39, 0.29) is 5.41 Å². The maximum absolute atomic E-state index is 11.7. The monoisotopic (exact) mass is 290 g/mol. The lowest BCUT2D eigenvalue weighted by Gasteiger charge is -2.19. The van der Waals surface area contributed by atoms with E-state index >= 15 is 0 Å². The lowest BCUT2D eigenvalue weighted by molar-refractivity contribution is -0.139. The van der Waals surface area contributed by atoms with Gasteiger partial charge < -0.3 is 14.3 Å². The first-order valence-electron chi connectivity index (χ1n) is 6.66. The van der Waals surface area contributed by atoms with Crippen LogP contribution in [0.25, 0.3) is 11.0 Å². The summed E-state index contributed by atoms with van der Waals surface area (Å²) in [5.41, 5.74) is 0.944. The lowest BCUT2D eigenvalue weighted by Crippen LogP contribution is -2.12. The van der Waals surface area contributed by atoms with Gasteiger partial charge in [-0.3, -0.25) is 0 Å². The van der Waals surface area contributed by atoms with E-state index in [1.807, 2.05) is 0 Å². The predicted octanol–water partition coefficient (Wildman–Crippen LogP) is 2.85. The fraction of sp³-hybridized carbons (Fsp3) is 0.375. The number of carboxylic acid groups (broad SMARTS) is 1. The maximum atomic E-state index is 11.7. The normalized spacial score (nSPS) is 11.6. The molecule has 0 atom stereocenters. The van der Waals surface area contributed by atoms with E-state index in [9.17, 15) is 9.59 Å². The van der Waals surface area contributed by atoms with Gasteiger partial charge in [-0.05, 0) is 29.5 Å². The van der Waals surface area contributed by atoms with Crippen LogP contribution in [0.3, 0.4) is 0 Å². The molecule has 2 aromatic rings. The van der Waals surface area contributed by atoms with Gasteiger partial charge in [0.05, 0.1) is 0 Å². The molecule has 112 valence electrons. The highest BCUT2D eigenvalue weighted by atomic mass is 16.5. The standard InChI is InChI=1S/C16H18O5/c1-16(2,3)8-10-6-15(19)21-13-7-11(4-5-12(10)13)20-9-14(17)18/h4-7H,8-9H2,1-3H3,(H,17,18). The Hall–Kier alpha value is -2.30. The molecule has 5 nitrogen and oxygen atoms in total. The van der Waals surface area contributed by atoms with E-state index in [1.165, 1.54) is 6.07 Å². The number of ether oxygens (including phenoxy) is 1. The van der Waals surface area contributed by atoms with Crippen molar-refractivity contribution in [3.63, 3.8) is 0 Å². The molecule has 1 aromatic heterocycles. The number of carboxylic acids is 1. The Balaban J connectivity index is 2.44. The summed E-state index contributed by atoms with van der Waals surface area (Å²) in [4.78, 5) is 22.2. The highest BCUT2D eigenvalue weighted by Gasteiger charge is 2.15. The minimum absolute atomic E-state index is 0.0409. The van der Waals surface area contributed by atoms with Gasteiger partial charge >= 0.3 is 11.6 Å². The topological polar surface area (TPSA) is 76.7 Å². The SMILES string of the molecule is CC(C)(C)Cc1cc(=O)oc2cc(OCC(=O)O)ccc12. The number of hydrogen-bond donors (Lipinski definition) is 1. The van der Waals surface area contributed by atoms with Crippen molar-refractivity contribution in [2.75, 3.05) is 6.61 Å². The number of rotatable bonds is 4. The van der Waals surface area contributed by atoms with Crippen LogP contribution in [0.4, 0.5) is 0 Å². The fourth-order valence-corrected chi connectivity index (χ4v) is 2.16. The smallest absolute Gasteiger partial charge is 0.341 e. The molecule has 2 rings (SSSR count). The van der Waals surface area contributed by atoms with Crippen molar-refractivity contribution in [3.05, 3.63) is 40.2 Å². The van der Waals surface area contributed by atoms with E-state index < -0.39 is 18.2 Å². The maximum Gasteiger partial charge on any atom is 0.341 e. The molecule has 0 aliphatic carbocycles. The Labute approximate surface area is 122 Å². The number of benzene rings is 1. The Morgan fingerprint density at radius 3 is 2.62 bits per heavy atom. The van der Waals surface area contributed by atoms with Crippen LogP contribution in [-0.2, 0) is 11.2 Å². The molecule has 0 saturated heterocycles. The molecule has 0 aliphatic rings. The van der Waals surface area contributed by atoms with E-state index in [0.29, 0.717) is 11.3 Å². The first kappa shape index (κ1) is 15.1. The summed E-state index contributed by atoms with van der Waals surface area (Å²) in [6.45, 7) is 5.85. The zero-order valence-electron chi connectivity index (χ0n) is 12.3. The molecule has 0 unspecified atom stereocenters. The number of aliphatic carboxylic acids is 1. The van der Waals surface area contributed by atoms with Crippen LogP contribution in [0.5, 0.6) is 5.75 Å². The van der Waals surface area contributed by atoms with Crippen LogP contribution >= 0.6 is 0 Å². The highest BCUT2D eigenvalue weighted by Crippen LogP contribution is 2.27. The first-order chi connectivity index (χ1) is 9.74. The van der Waals surface area contributed by atoms with Gasteiger partial charge in [0.1, 0.15) is 11.3 Å². The van der Waals surface area contributed by atoms with Crippen LogP contribution in [0.1, 0.15) is 26.3 Å². The van der Waals surface area contributed by atoms with Crippen LogP contribution < -0.4 is 10.4 Å². The van der Waals surface area contributed by atoms with Crippen LogP contribution in [0.2, 0.25) is 0 Å². The lowest BCUT2D eigenvalue weighted by atomic mass is 9.87. The van der Waals surface area contributed by atoms with Gasteiger partial charge in [0, 0.05) is 17.5 Å². The number of hydrogen-bond acceptors (Lipinski definition) is 4. The summed E-state index contributed by atoms with van der Waals surface area (Å²) >= 11 is 0. The predicted molar refractivity (Wildman–Crippen MR) is 78.8 cm³/mol. The zero-order chi connectivity index (χ0) is 15.6. The van der Waals surface area contributed by atoms with E-state index in [2.05, 4.69) is 20.8 Å². The number of fused-ring (bicyclic) bond motifs is 1. The van der Waals surface area contributed by atoms with Gasteiger partial charge in [-0.1, -0.05) is 20.8 Å². The Morgan fingerprint density at radius 1 is 1.29 bits per heavy atom. The molecule has 21 heavy (non-hydrogen) atoms. The second-order valence-corrected chi connectivity index (χ2v) is 6.17. The van der Waals surface area contributed by atoms with Gasteiger partial charge in [0.25, 0.3) is 0 Å². The van der Waals surface area contributed by atoms with Crippen molar-refractivity contribution in [3.8, 4) is 5.75 Å². The van der Waals surface area contributed by atoms with Gasteiger partial charge in [-0.25, -0.2) is 9.59 Å². The van der Waals surface area contributed by atoms with E-state index in [0.717, 1.165) is 17.4 Å². The minimum Gasteiger partial charge on any atom is -0.482 e. The Morgan fingerprint density at radius 2 is 2.00 bits per heavy atom. The molecule has 0 spiro atoms. The largest absolute Gasteiger partial charge is 0.482 e.